The Labute approximate surface area is 74.0 Å². The molecule has 70 valence electrons. The van der Waals surface area contributed by atoms with Crippen molar-refractivity contribution < 1.29 is 10.3 Å². The van der Waals surface area contributed by atoms with Gasteiger partial charge >= 0.3 is 0 Å². The molecule has 1 rings (SSSR count). The van der Waals surface area contributed by atoms with E-state index in [1.54, 1.807) is 0 Å². The van der Waals surface area contributed by atoms with Crippen molar-refractivity contribution in [2.24, 2.45) is 0 Å². The van der Waals surface area contributed by atoms with Gasteiger partial charge in [0.15, 0.2) is 0 Å². The van der Waals surface area contributed by atoms with Gasteiger partial charge in [0.2, 0.25) is 0 Å². The molecule has 1 heterocycles. The lowest BCUT2D eigenvalue weighted by Gasteiger charge is -2.47. The second-order valence-electron chi connectivity index (χ2n) is 4.95. The van der Waals surface area contributed by atoms with Gasteiger partial charge < -0.3 is 0 Å². The van der Waals surface area contributed by atoms with Crippen molar-refractivity contribution in [2.45, 2.75) is 57.7 Å². The minimum Gasteiger partial charge on any atom is -0.233 e. The molecule has 0 N–H and O–H groups in total. The van der Waals surface area contributed by atoms with Crippen molar-refractivity contribution in [2.75, 3.05) is 0 Å². The van der Waals surface area contributed by atoms with Crippen molar-refractivity contribution in [3.63, 3.8) is 0 Å². The van der Waals surface area contributed by atoms with Crippen LogP contribution in [0, 0.1) is 0 Å². The molecular weight excluding hydrogens is 154 g/mol. The van der Waals surface area contributed by atoms with Gasteiger partial charge in [0.05, 0.1) is 6.10 Å². The number of hydroxylamine groups is 2. The molecule has 1 fully saturated rings. The molecule has 0 saturated carbocycles. The monoisotopic (exact) mass is 171 g/mol. The first-order chi connectivity index (χ1) is 5.26. The van der Waals surface area contributed by atoms with E-state index in [0.717, 1.165) is 5.06 Å². The summed E-state index contributed by atoms with van der Waals surface area (Å²) in [5.74, 6) is 0. The number of nitrogens with zero attached hydrogens (tertiary/aromatic N) is 1. The lowest BCUT2D eigenvalue weighted by molar-refractivity contribution is -0.301. The van der Waals surface area contributed by atoms with E-state index in [0.29, 0.717) is 12.8 Å². The Hall–Kier alpha value is -0.120. The Bertz CT molecular complexity index is 159. The van der Waals surface area contributed by atoms with E-state index in [2.05, 4.69) is 0 Å². The van der Waals surface area contributed by atoms with E-state index in [1.807, 2.05) is 27.7 Å². The Morgan fingerprint density at radius 2 is 1.42 bits per heavy atom. The maximum Gasteiger partial charge on any atom is 0.0966 e. The Morgan fingerprint density at radius 3 is 1.75 bits per heavy atom. The van der Waals surface area contributed by atoms with Gasteiger partial charge in [-0.15, -0.1) is 10.3 Å². The molecule has 1 aliphatic rings. The Balaban J connectivity index is 2.84. The summed E-state index contributed by atoms with van der Waals surface area (Å²) in [6.45, 7) is 7.36. The van der Waals surface area contributed by atoms with Crippen molar-refractivity contribution in [3.05, 3.63) is 0 Å². The van der Waals surface area contributed by atoms with E-state index >= 15 is 0 Å². The van der Waals surface area contributed by atoms with E-state index < -0.39 is 17.2 Å². The molecule has 1 saturated heterocycles. The van der Waals surface area contributed by atoms with E-state index in [1.165, 1.54) is 0 Å². The molecule has 0 aliphatic carbocycles. The highest BCUT2D eigenvalue weighted by atomic mass is 16.5. The SMILES string of the molecule is CC1(C)CC([O])CC(C)(C)N1[O]. The topological polar surface area (TPSA) is 43.0 Å². The lowest BCUT2D eigenvalue weighted by atomic mass is 9.80. The maximum atomic E-state index is 11.7. The van der Waals surface area contributed by atoms with Crippen molar-refractivity contribution in [1.29, 1.82) is 0 Å². The largest absolute Gasteiger partial charge is 0.233 e. The summed E-state index contributed by atoms with van der Waals surface area (Å²) in [5.41, 5.74) is -0.984. The van der Waals surface area contributed by atoms with Crippen LogP contribution in [0.1, 0.15) is 40.5 Å². The second kappa shape index (κ2) is 2.69. The van der Waals surface area contributed by atoms with Crippen molar-refractivity contribution in [1.82, 2.24) is 5.06 Å². The molecule has 1 aliphatic heterocycles. The highest BCUT2D eigenvalue weighted by Gasteiger charge is 2.46. The van der Waals surface area contributed by atoms with Crippen LogP contribution in [0.3, 0.4) is 0 Å². The summed E-state index contributed by atoms with van der Waals surface area (Å²) < 4.78 is 0. The van der Waals surface area contributed by atoms with Gasteiger partial charge in [-0.3, -0.25) is 0 Å². The number of hydrogen-bond acceptors (Lipinski definition) is 1. The first kappa shape index (κ1) is 9.96. The highest BCUT2D eigenvalue weighted by molar-refractivity contribution is 4.95. The summed E-state index contributed by atoms with van der Waals surface area (Å²) in [4.78, 5) is 0. The molecule has 0 spiro atoms. The third kappa shape index (κ3) is 1.63. The predicted octanol–water partition coefficient (Wildman–Crippen LogP) is 1.78. The molecule has 12 heavy (non-hydrogen) atoms. The van der Waals surface area contributed by atoms with Crippen LogP contribution < -0.4 is 0 Å². The number of hydrogen-bond donors (Lipinski definition) is 0. The normalized spacial score (nSPS) is 30.5. The molecule has 0 aromatic carbocycles. The van der Waals surface area contributed by atoms with Crippen LogP contribution in [0.5, 0.6) is 0 Å². The Morgan fingerprint density at radius 1 is 1.08 bits per heavy atom. The zero-order valence-electron chi connectivity index (χ0n) is 8.26. The average Bonchev–Trinajstić information content (AvgIpc) is 1.80. The van der Waals surface area contributed by atoms with E-state index in [4.69, 9.17) is 0 Å². The van der Waals surface area contributed by atoms with Gasteiger partial charge in [0.1, 0.15) is 0 Å². The van der Waals surface area contributed by atoms with Gasteiger partial charge in [-0.1, -0.05) is 0 Å². The molecule has 3 heteroatoms. The van der Waals surface area contributed by atoms with E-state index in [9.17, 15) is 10.3 Å². The molecule has 0 aromatic heterocycles. The number of piperidine rings is 1. The van der Waals surface area contributed by atoms with Crippen LogP contribution in [0.25, 0.3) is 0 Å². The van der Waals surface area contributed by atoms with Gasteiger partial charge in [0, 0.05) is 11.1 Å². The fraction of sp³-hybridized carbons (Fsp3) is 1.00. The fourth-order valence-corrected chi connectivity index (χ4v) is 2.17. The van der Waals surface area contributed by atoms with Crippen LogP contribution in [0.2, 0.25) is 0 Å². The fourth-order valence-electron chi connectivity index (χ4n) is 2.17. The van der Waals surface area contributed by atoms with Gasteiger partial charge in [-0.25, -0.2) is 5.11 Å². The number of rotatable bonds is 0. The standard InChI is InChI=1S/C9H17NO2/c1-8(2)5-7(11)6-9(3,4)10(8)12/h7H,5-6H2,1-4H3. The molecule has 2 radical (unpaired) electrons. The highest BCUT2D eigenvalue weighted by Crippen LogP contribution is 2.36. The molecule has 0 amide bonds. The molecular formula is C9H17NO2. The minimum atomic E-state index is -0.583. The second-order valence-corrected chi connectivity index (χ2v) is 4.95. The minimum absolute atomic E-state index is 0.458. The van der Waals surface area contributed by atoms with E-state index in [-0.39, 0.29) is 0 Å². The van der Waals surface area contributed by atoms with Crippen molar-refractivity contribution in [3.8, 4) is 0 Å². The quantitative estimate of drug-likeness (QED) is 0.548. The third-order valence-electron chi connectivity index (χ3n) is 2.55. The Kier molecular flexibility index (Phi) is 2.23. The van der Waals surface area contributed by atoms with Gasteiger partial charge in [-0.05, 0) is 40.5 Å². The first-order valence-corrected chi connectivity index (χ1v) is 4.39. The average molecular weight is 171 g/mol. The molecule has 0 bridgehead atoms. The summed E-state index contributed by atoms with van der Waals surface area (Å²) in [6, 6.07) is 0. The summed E-state index contributed by atoms with van der Waals surface area (Å²) in [7, 11) is 0. The van der Waals surface area contributed by atoms with Gasteiger partial charge in [0.25, 0.3) is 0 Å². The summed E-state index contributed by atoms with van der Waals surface area (Å²) in [5, 5.41) is 24.1. The molecule has 0 atom stereocenters. The van der Waals surface area contributed by atoms with Crippen molar-refractivity contribution >= 4 is 0 Å². The van der Waals surface area contributed by atoms with Crippen LogP contribution in [-0.4, -0.2) is 22.2 Å². The predicted molar refractivity (Wildman–Crippen MR) is 44.4 cm³/mol. The van der Waals surface area contributed by atoms with Gasteiger partial charge in [-0.2, -0.15) is 0 Å². The zero-order chi connectivity index (χ0) is 9.57. The molecule has 0 unspecified atom stereocenters. The van der Waals surface area contributed by atoms with Crippen LogP contribution in [-0.2, 0) is 10.3 Å². The van der Waals surface area contributed by atoms with Crippen LogP contribution in [0.4, 0.5) is 0 Å². The summed E-state index contributed by atoms with van der Waals surface area (Å²) >= 11 is 0. The first-order valence-electron chi connectivity index (χ1n) is 4.39. The summed E-state index contributed by atoms with van der Waals surface area (Å²) in [6.07, 6.45) is 0.333. The smallest absolute Gasteiger partial charge is 0.0966 e. The third-order valence-corrected chi connectivity index (χ3v) is 2.55. The molecule has 3 nitrogen and oxygen atoms in total. The molecule has 0 aromatic rings. The zero-order valence-corrected chi connectivity index (χ0v) is 8.26. The van der Waals surface area contributed by atoms with Crippen LogP contribution >= 0.6 is 0 Å². The maximum absolute atomic E-state index is 11.7. The lowest BCUT2D eigenvalue weighted by Crippen LogP contribution is -2.59. The van der Waals surface area contributed by atoms with Crippen LogP contribution in [0.15, 0.2) is 0 Å².